The van der Waals surface area contributed by atoms with Crippen molar-refractivity contribution in [3.63, 3.8) is 0 Å². The number of benzene rings is 2. The molecule has 0 fully saturated rings. The summed E-state index contributed by atoms with van der Waals surface area (Å²) in [6, 6.07) is 15.3. The average molecular weight is 342 g/mol. The lowest BCUT2D eigenvalue weighted by atomic mass is 9.87. The van der Waals surface area contributed by atoms with Crippen LogP contribution in [0.25, 0.3) is 11.0 Å². The molecular formula is C20H20ClNO2. The highest BCUT2D eigenvalue weighted by Gasteiger charge is 2.14. The molecule has 1 amide bonds. The van der Waals surface area contributed by atoms with Gasteiger partial charge in [-0.3, -0.25) is 4.79 Å². The molecule has 0 saturated heterocycles. The van der Waals surface area contributed by atoms with Crippen LogP contribution < -0.4 is 5.32 Å². The third kappa shape index (κ3) is 3.62. The molecule has 0 radical (unpaired) electrons. The van der Waals surface area contributed by atoms with E-state index in [1.54, 1.807) is 24.3 Å². The molecule has 1 N–H and O–H groups in total. The van der Waals surface area contributed by atoms with E-state index in [9.17, 15) is 4.79 Å². The van der Waals surface area contributed by atoms with E-state index in [-0.39, 0.29) is 11.3 Å². The molecule has 0 atom stereocenters. The smallest absolute Gasteiger partial charge is 0.287 e. The van der Waals surface area contributed by atoms with Gasteiger partial charge in [-0.1, -0.05) is 56.6 Å². The van der Waals surface area contributed by atoms with Gasteiger partial charge in [-0.15, -0.1) is 0 Å². The Labute approximate surface area is 146 Å². The summed E-state index contributed by atoms with van der Waals surface area (Å²) in [6.07, 6.45) is 0. The molecular weight excluding hydrogens is 322 g/mol. The van der Waals surface area contributed by atoms with Gasteiger partial charge in [0.1, 0.15) is 5.58 Å². The highest BCUT2D eigenvalue weighted by atomic mass is 35.5. The van der Waals surface area contributed by atoms with Crippen molar-refractivity contribution in [1.82, 2.24) is 5.32 Å². The first-order chi connectivity index (χ1) is 11.3. The van der Waals surface area contributed by atoms with E-state index < -0.39 is 0 Å². The summed E-state index contributed by atoms with van der Waals surface area (Å²) in [4.78, 5) is 12.3. The monoisotopic (exact) mass is 341 g/mol. The lowest BCUT2D eigenvalue weighted by molar-refractivity contribution is 0.0925. The molecule has 4 heteroatoms. The first-order valence-corrected chi connectivity index (χ1v) is 8.27. The molecule has 124 valence electrons. The topological polar surface area (TPSA) is 42.2 Å². The molecule has 0 saturated carbocycles. The van der Waals surface area contributed by atoms with E-state index in [0.717, 1.165) is 10.9 Å². The number of hydrogen-bond acceptors (Lipinski definition) is 2. The molecule has 0 unspecified atom stereocenters. The van der Waals surface area contributed by atoms with Gasteiger partial charge in [-0.2, -0.15) is 0 Å². The number of fused-ring (bicyclic) bond motifs is 1. The zero-order valence-corrected chi connectivity index (χ0v) is 14.8. The Morgan fingerprint density at radius 1 is 1.08 bits per heavy atom. The molecule has 3 aromatic rings. The van der Waals surface area contributed by atoms with Crippen LogP contribution in [0.15, 0.2) is 52.9 Å². The largest absolute Gasteiger partial charge is 0.451 e. The molecule has 0 aliphatic rings. The summed E-state index contributed by atoms with van der Waals surface area (Å²) in [7, 11) is 0. The van der Waals surface area contributed by atoms with Crippen molar-refractivity contribution in [3.8, 4) is 0 Å². The van der Waals surface area contributed by atoms with Crippen molar-refractivity contribution in [2.45, 2.75) is 32.7 Å². The minimum absolute atomic E-state index is 0.122. The minimum Gasteiger partial charge on any atom is -0.451 e. The van der Waals surface area contributed by atoms with Gasteiger partial charge in [-0.25, -0.2) is 0 Å². The number of nitrogens with one attached hydrogen (secondary N) is 1. The Kier molecular flexibility index (Phi) is 4.37. The van der Waals surface area contributed by atoms with Gasteiger partial charge in [0.15, 0.2) is 5.76 Å². The van der Waals surface area contributed by atoms with Crippen LogP contribution in [0.1, 0.15) is 42.5 Å². The highest BCUT2D eigenvalue weighted by Crippen LogP contribution is 2.24. The van der Waals surface area contributed by atoms with Gasteiger partial charge >= 0.3 is 0 Å². The number of carbonyl (C=O) groups excluding carboxylic acids is 1. The molecule has 2 aromatic carbocycles. The third-order valence-electron chi connectivity index (χ3n) is 3.98. The molecule has 0 spiro atoms. The number of furan rings is 1. The Bertz CT molecular complexity index is 873. The van der Waals surface area contributed by atoms with Gasteiger partial charge in [0.05, 0.1) is 0 Å². The average Bonchev–Trinajstić information content (AvgIpc) is 2.95. The molecule has 0 aliphatic heterocycles. The van der Waals surface area contributed by atoms with Crippen LogP contribution in [-0.4, -0.2) is 5.91 Å². The van der Waals surface area contributed by atoms with Crippen molar-refractivity contribution >= 4 is 28.5 Å². The quantitative estimate of drug-likeness (QED) is 0.701. The van der Waals surface area contributed by atoms with Gasteiger partial charge in [0.25, 0.3) is 5.91 Å². The first-order valence-electron chi connectivity index (χ1n) is 7.90. The van der Waals surface area contributed by atoms with Crippen LogP contribution in [-0.2, 0) is 12.0 Å². The first kappa shape index (κ1) is 16.6. The standard InChI is InChI=1S/C20H20ClNO2/c1-20(2,3)15-6-4-13(5-7-15)12-22-19(23)18-11-14-10-16(21)8-9-17(14)24-18/h4-11H,12H2,1-3H3,(H,22,23). The van der Waals surface area contributed by atoms with Gasteiger partial charge < -0.3 is 9.73 Å². The van der Waals surface area contributed by atoms with Crippen LogP contribution in [0.3, 0.4) is 0 Å². The molecule has 3 nitrogen and oxygen atoms in total. The SMILES string of the molecule is CC(C)(C)c1ccc(CNC(=O)c2cc3cc(Cl)ccc3o2)cc1. The summed E-state index contributed by atoms with van der Waals surface area (Å²) < 4.78 is 5.57. The summed E-state index contributed by atoms with van der Waals surface area (Å²) in [5.74, 6) is 0.0563. The number of amides is 1. The fourth-order valence-electron chi connectivity index (χ4n) is 2.52. The van der Waals surface area contributed by atoms with Crippen LogP contribution in [0.5, 0.6) is 0 Å². The van der Waals surface area contributed by atoms with E-state index in [1.165, 1.54) is 5.56 Å². The second kappa shape index (κ2) is 6.33. The van der Waals surface area contributed by atoms with Gasteiger partial charge in [0.2, 0.25) is 0 Å². The van der Waals surface area contributed by atoms with Crippen molar-refractivity contribution in [2.24, 2.45) is 0 Å². The molecule has 24 heavy (non-hydrogen) atoms. The molecule has 0 aliphatic carbocycles. The van der Waals surface area contributed by atoms with Crippen molar-refractivity contribution in [3.05, 3.63) is 70.4 Å². The van der Waals surface area contributed by atoms with Crippen LogP contribution in [0.2, 0.25) is 5.02 Å². The third-order valence-corrected chi connectivity index (χ3v) is 4.21. The number of hydrogen-bond donors (Lipinski definition) is 1. The lowest BCUT2D eigenvalue weighted by Crippen LogP contribution is -2.22. The summed E-state index contributed by atoms with van der Waals surface area (Å²) in [5.41, 5.74) is 3.10. The molecule has 3 rings (SSSR count). The second-order valence-corrected chi connectivity index (χ2v) is 7.36. The Morgan fingerprint density at radius 2 is 1.79 bits per heavy atom. The maximum atomic E-state index is 12.3. The predicted octanol–water partition coefficient (Wildman–Crippen LogP) is 5.31. The van der Waals surface area contributed by atoms with E-state index in [2.05, 4.69) is 38.2 Å². The Hall–Kier alpha value is -2.26. The van der Waals surface area contributed by atoms with Gasteiger partial charge in [-0.05, 0) is 40.8 Å². The predicted molar refractivity (Wildman–Crippen MR) is 97.5 cm³/mol. The van der Waals surface area contributed by atoms with E-state index >= 15 is 0 Å². The second-order valence-electron chi connectivity index (χ2n) is 6.92. The number of carbonyl (C=O) groups is 1. The minimum atomic E-state index is -0.234. The molecule has 1 heterocycles. The van der Waals surface area contributed by atoms with E-state index in [0.29, 0.717) is 22.9 Å². The van der Waals surface area contributed by atoms with Crippen LogP contribution in [0, 0.1) is 0 Å². The number of rotatable bonds is 3. The zero-order chi connectivity index (χ0) is 17.3. The summed E-state index contributed by atoms with van der Waals surface area (Å²) in [5, 5.41) is 4.32. The van der Waals surface area contributed by atoms with Crippen molar-refractivity contribution in [2.75, 3.05) is 0 Å². The maximum Gasteiger partial charge on any atom is 0.287 e. The van der Waals surface area contributed by atoms with E-state index in [1.807, 2.05) is 12.1 Å². The molecule has 0 bridgehead atoms. The summed E-state index contributed by atoms with van der Waals surface area (Å²) >= 11 is 5.95. The normalized spacial score (nSPS) is 11.7. The lowest BCUT2D eigenvalue weighted by Gasteiger charge is -2.19. The zero-order valence-electron chi connectivity index (χ0n) is 14.0. The van der Waals surface area contributed by atoms with Crippen molar-refractivity contribution < 1.29 is 9.21 Å². The van der Waals surface area contributed by atoms with E-state index in [4.69, 9.17) is 16.0 Å². The maximum absolute atomic E-state index is 12.3. The fourth-order valence-corrected chi connectivity index (χ4v) is 2.70. The van der Waals surface area contributed by atoms with Crippen molar-refractivity contribution in [1.29, 1.82) is 0 Å². The Balaban J connectivity index is 1.68. The molecule has 1 aromatic heterocycles. The highest BCUT2D eigenvalue weighted by molar-refractivity contribution is 6.31. The fraction of sp³-hybridized carbons (Fsp3) is 0.250. The Morgan fingerprint density at radius 3 is 2.46 bits per heavy atom. The van der Waals surface area contributed by atoms with Crippen LogP contribution in [0.4, 0.5) is 0 Å². The van der Waals surface area contributed by atoms with Gasteiger partial charge in [0, 0.05) is 17.0 Å². The summed E-state index contributed by atoms with van der Waals surface area (Å²) in [6.45, 7) is 6.99. The van der Waals surface area contributed by atoms with Crippen LogP contribution >= 0.6 is 11.6 Å². The number of halogens is 1.